The van der Waals surface area contributed by atoms with Gasteiger partial charge in [-0.3, -0.25) is 9.69 Å². The molecule has 1 aliphatic rings. The van der Waals surface area contributed by atoms with E-state index in [2.05, 4.69) is 15.4 Å². The Morgan fingerprint density at radius 1 is 1.43 bits per heavy atom. The van der Waals surface area contributed by atoms with Crippen LogP contribution in [0.2, 0.25) is 0 Å². The molecule has 6 heteroatoms. The van der Waals surface area contributed by atoms with Crippen molar-refractivity contribution in [3.63, 3.8) is 0 Å². The number of thiophene rings is 1. The number of nitrogens with zero attached hydrogens (tertiary/aromatic N) is 2. The van der Waals surface area contributed by atoms with Gasteiger partial charge in [0.05, 0.1) is 10.6 Å². The molecule has 3 heterocycles. The fraction of sp³-hybridized carbons (Fsp3) is 0.529. The maximum atomic E-state index is 12.3. The fourth-order valence-corrected chi connectivity index (χ4v) is 3.85. The lowest BCUT2D eigenvalue weighted by atomic mass is 10.0. The summed E-state index contributed by atoms with van der Waals surface area (Å²) in [4.78, 5) is 16.7. The molecule has 1 N–H and O–H groups in total. The third-order valence-electron chi connectivity index (χ3n) is 4.37. The lowest BCUT2D eigenvalue weighted by Crippen LogP contribution is -2.47. The van der Waals surface area contributed by atoms with E-state index >= 15 is 0 Å². The van der Waals surface area contributed by atoms with Crippen molar-refractivity contribution in [2.75, 3.05) is 13.1 Å². The predicted octanol–water partition coefficient (Wildman–Crippen LogP) is 3.06. The van der Waals surface area contributed by atoms with E-state index in [0.717, 1.165) is 48.8 Å². The zero-order valence-electron chi connectivity index (χ0n) is 13.9. The van der Waals surface area contributed by atoms with Gasteiger partial charge in [0, 0.05) is 29.6 Å². The monoisotopic (exact) mass is 333 g/mol. The van der Waals surface area contributed by atoms with E-state index in [1.807, 2.05) is 32.9 Å². The van der Waals surface area contributed by atoms with Crippen molar-refractivity contribution in [3.8, 4) is 0 Å². The van der Waals surface area contributed by atoms with Crippen LogP contribution < -0.4 is 5.32 Å². The Hall–Kier alpha value is -1.66. The lowest BCUT2D eigenvalue weighted by Gasteiger charge is -2.33. The second kappa shape index (κ2) is 6.84. The molecule has 0 unspecified atom stereocenters. The minimum atomic E-state index is 0.0484. The maximum absolute atomic E-state index is 12.3. The van der Waals surface area contributed by atoms with Gasteiger partial charge < -0.3 is 9.84 Å². The molecule has 2 aromatic heterocycles. The highest BCUT2D eigenvalue weighted by Gasteiger charge is 2.24. The number of hydrogen-bond donors (Lipinski definition) is 1. The van der Waals surface area contributed by atoms with Crippen LogP contribution in [0.1, 0.15) is 44.4 Å². The number of carbonyl (C=O) groups is 1. The summed E-state index contributed by atoms with van der Waals surface area (Å²) in [6, 6.07) is 4.10. The molecule has 124 valence electrons. The first-order valence-electron chi connectivity index (χ1n) is 8.04. The first-order chi connectivity index (χ1) is 11.0. The largest absolute Gasteiger partial charge is 0.361 e. The summed E-state index contributed by atoms with van der Waals surface area (Å²) >= 11 is 1.55. The normalized spacial score (nSPS) is 19.0. The molecule has 0 saturated carbocycles. The van der Waals surface area contributed by atoms with E-state index in [0.29, 0.717) is 0 Å². The lowest BCUT2D eigenvalue weighted by molar-refractivity contribution is 0.0904. The first kappa shape index (κ1) is 16.2. The minimum absolute atomic E-state index is 0.0484. The molecule has 1 aliphatic heterocycles. The first-order valence-corrected chi connectivity index (χ1v) is 8.86. The quantitative estimate of drug-likeness (QED) is 0.934. The van der Waals surface area contributed by atoms with Crippen molar-refractivity contribution >= 4 is 17.2 Å². The van der Waals surface area contributed by atoms with Crippen molar-refractivity contribution in [3.05, 3.63) is 38.9 Å². The summed E-state index contributed by atoms with van der Waals surface area (Å²) in [5, 5.41) is 7.20. The van der Waals surface area contributed by atoms with E-state index in [1.165, 1.54) is 10.4 Å². The molecule has 3 rings (SSSR count). The van der Waals surface area contributed by atoms with E-state index in [1.54, 1.807) is 11.3 Å². The zero-order valence-corrected chi connectivity index (χ0v) is 14.7. The minimum Gasteiger partial charge on any atom is -0.361 e. The summed E-state index contributed by atoms with van der Waals surface area (Å²) in [5.74, 6) is 0.940. The Morgan fingerprint density at radius 2 is 2.26 bits per heavy atom. The Bertz CT molecular complexity index is 672. The molecule has 23 heavy (non-hydrogen) atoms. The third kappa shape index (κ3) is 3.82. The molecular formula is C17H23N3O2S. The summed E-state index contributed by atoms with van der Waals surface area (Å²) in [6.45, 7) is 8.72. The molecule has 1 saturated heterocycles. The van der Waals surface area contributed by atoms with Crippen LogP contribution in [-0.4, -0.2) is 35.1 Å². The summed E-state index contributed by atoms with van der Waals surface area (Å²) in [7, 11) is 0. The van der Waals surface area contributed by atoms with Crippen LogP contribution in [-0.2, 0) is 6.54 Å². The van der Waals surface area contributed by atoms with Gasteiger partial charge in [0.1, 0.15) is 5.76 Å². The van der Waals surface area contributed by atoms with Gasteiger partial charge in [-0.15, -0.1) is 11.3 Å². The van der Waals surface area contributed by atoms with Gasteiger partial charge >= 0.3 is 0 Å². The summed E-state index contributed by atoms with van der Waals surface area (Å²) in [6.07, 6.45) is 2.13. The van der Waals surface area contributed by atoms with Crippen molar-refractivity contribution in [1.29, 1.82) is 0 Å². The van der Waals surface area contributed by atoms with E-state index in [9.17, 15) is 4.79 Å². The number of amides is 1. The summed E-state index contributed by atoms with van der Waals surface area (Å²) in [5.41, 5.74) is 2.13. The van der Waals surface area contributed by atoms with Gasteiger partial charge in [-0.05, 0) is 52.3 Å². The fourth-order valence-electron chi connectivity index (χ4n) is 3.08. The number of likely N-dealkylation sites (tertiary alicyclic amines) is 1. The van der Waals surface area contributed by atoms with Crippen molar-refractivity contribution in [1.82, 2.24) is 15.4 Å². The second-order valence-corrected chi connectivity index (χ2v) is 7.55. The molecule has 0 spiro atoms. The maximum Gasteiger partial charge on any atom is 0.261 e. The van der Waals surface area contributed by atoms with Crippen molar-refractivity contribution in [2.24, 2.45) is 0 Å². The number of carbonyl (C=O) groups excluding carboxylic acids is 1. The van der Waals surface area contributed by atoms with E-state index < -0.39 is 0 Å². The molecule has 0 bridgehead atoms. The van der Waals surface area contributed by atoms with Crippen molar-refractivity contribution < 1.29 is 9.32 Å². The van der Waals surface area contributed by atoms with Crippen LogP contribution in [0.4, 0.5) is 0 Å². The number of hydrogen-bond acceptors (Lipinski definition) is 5. The highest BCUT2D eigenvalue weighted by molar-refractivity contribution is 7.13. The van der Waals surface area contributed by atoms with Crippen LogP contribution >= 0.6 is 11.3 Å². The Labute approximate surface area is 140 Å². The summed E-state index contributed by atoms with van der Waals surface area (Å²) < 4.78 is 5.24. The molecule has 1 fully saturated rings. The molecule has 0 aromatic carbocycles. The Balaban J connectivity index is 1.59. The Kier molecular flexibility index (Phi) is 4.82. The Morgan fingerprint density at radius 3 is 2.91 bits per heavy atom. The smallest absolute Gasteiger partial charge is 0.261 e. The highest BCUT2D eigenvalue weighted by atomic mass is 32.1. The number of aromatic nitrogens is 1. The molecular weight excluding hydrogens is 310 g/mol. The molecule has 0 radical (unpaired) electrons. The van der Waals surface area contributed by atoms with Gasteiger partial charge in [0.25, 0.3) is 5.91 Å². The number of aryl methyl sites for hydroxylation is 3. The average Bonchev–Trinajstić information content (AvgIpc) is 3.09. The predicted molar refractivity (Wildman–Crippen MR) is 90.8 cm³/mol. The van der Waals surface area contributed by atoms with Crippen LogP contribution in [0.5, 0.6) is 0 Å². The third-order valence-corrected chi connectivity index (χ3v) is 5.37. The van der Waals surface area contributed by atoms with Crippen LogP contribution in [0.3, 0.4) is 0 Å². The molecule has 5 nitrogen and oxygen atoms in total. The number of nitrogens with one attached hydrogen (secondary N) is 1. The number of rotatable bonds is 4. The molecule has 0 aliphatic carbocycles. The van der Waals surface area contributed by atoms with Crippen LogP contribution in [0.25, 0.3) is 0 Å². The second-order valence-electron chi connectivity index (χ2n) is 6.26. The zero-order chi connectivity index (χ0) is 16.4. The van der Waals surface area contributed by atoms with E-state index in [-0.39, 0.29) is 11.9 Å². The van der Waals surface area contributed by atoms with Crippen LogP contribution in [0, 0.1) is 20.8 Å². The van der Waals surface area contributed by atoms with Crippen molar-refractivity contribution in [2.45, 2.75) is 46.2 Å². The molecule has 1 atom stereocenters. The topological polar surface area (TPSA) is 58.4 Å². The molecule has 2 aromatic rings. The van der Waals surface area contributed by atoms with E-state index in [4.69, 9.17) is 4.52 Å². The average molecular weight is 333 g/mol. The standard InChI is InChI=1S/C17H23N3O2S/c1-11-6-7-16(23-11)17(21)18-14-5-4-8-20(9-14)10-15-12(2)19-22-13(15)3/h6-7,14H,4-5,8-10H2,1-3H3,(H,18,21)/t14-/m1/s1. The molecule has 1 amide bonds. The van der Waals surface area contributed by atoms with Gasteiger partial charge in [-0.25, -0.2) is 0 Å². The SMILES string of the molecule is Cc1ccc(C(=O)N[C@@H]2CCCN(Cc3c(C)noc3C)C2)s1. The van der Waals surface area contributed by atoms with Crippen LogP contribution in [0.15, 0.2) is 16.7 Å². The number of piperidine rings is 1. The van der Waals surface area contributed by atoms with Gasteiger partial charge in [0.2, 0.25) is 0 Å². The van der Waals surface area contributed by atoms with Gasteiger partial charge in [-0.2, -0.15) is 0 Å². The van der Waals surface area contributed by atoms with Gasteiger partial charge in [-0.1, -0.05) is 5.16 Å². The van der Waals surface area contributed by atoms with Gasteiger partial charge in [0.15, 0.2) is 0 Å². The highest BCUT2D eigenvalue weighted by Crippen LogP contribution is 2.20.